The van der Waals surface area contributed by atoms with Crippen LogP contribution in [0.3, 0.4) is 0 Å². The van der Waals surface area contributed by atoms with Gasteiger partial charge in [-0.05, 0) is 84.1 Å². The Hall–Kier alpha value is -3.10. The Morgan fingerprint density at radius 2 is 1.02 bits per heavy atom. The topological polar surface area (TPSA) is 18.5 Å². The van der Waals surface area contributed by atoms with E-state index in [1.54, 1.807) is 0 Å². The largest absolute Gasteiger partial charge is 0.493 e. The van der Waals surface area contributed by atoms with Gasteiger partial charge in [0.2, 0.25) is 0 Å². The average Bonchev–Trinajstić information content (AvgIpc) is 3.17. The van der Waals surface area contributed by atoms with Crippen molar-refractivity contribution >= 4 is 0 Å². The van der Waals surface area contributed by atoms with Gasteiger partial charge < -0.3 is 9.47 Å². The number of benzene rings is 3. The molecular formula is C48H68O2. The van der Waals surface area contributed by atoms with E-state index >= 15 is 0 Å². The third kappa shape index (κ3) is 12.9. The molecule has 2 unspecified atom stereocenters. The number of unbranched alkanes of at least 4 members (excludes halogenated alkanes) is 8. The third-order valence-corrected chi connectivity index (χ3v) is 10.7. The lowest BCUT2D eigenvalue weighted by atomic mass is 9.83. The molecule has 1 aliphatic rings. The number of rotatable bonds is 25. The van der Waals surface area contributed by atoms with Crippen LogP contribution in [0, 0.1) is 11.8 Å². The number of hydrogen-bond donors (Lipinski definition) is 0. The lowest BCUT2D eigenvalue weighted by Crippen LogP contribution is -2.30. The van der Waals surface area contributed by atoms with Crippen LogP contribution in [0.25, 0.3) is 11.1 Å². The van der Waals surface area contributed by atoms with Gasteiger partial charge in [0.05, 0.1) is 13.2 Å². The predicted molar refractivity (Wildman–Crippen MR) is 216 cm³/mol. The van der Waals surface area contributed by atoms with Crippen LogP contribution in [-0.2, 0) is 10.3 Å². The smallest absolute Gasteiger partial charge is 0.130 e. The molecule has 0 fully saturated rings. The SMILES string of the molecule is CCCCCCC(CCCC)COc1ccc(-c2ccc(C3C=CC(OCC(CCCC)CCCCCC)(c4ccccc4)C=C3)cc2)cc1. The molecule has 0 N–H and O–H groups in total. The highest BCUT2D eigenvalue weighted by molar-refractivity contribution is 5.64. The quantitative estimate of drug-likeness (QED) is 0.0657. The van der Waals surface area contributed by atoms with Crippen LogP contribution >= 0.6 is 0 Å². The third-order valence-electron chi connectivity index (χ3n) is 10.7. The number of allylic oxidation sites excluding steroid dienone is 2. The van der Waals surface area contributed by atoms with Crippen LogP contribution < -0.4 is 4.74 Å². The summed E-state index contributed by atoms with van der Waals surface area (Å²) in [6.45, 7) is 10.8. The van der Waals surface area contributed by atoms with Gasteiger partial charge in [-0.2, -0.15) is 0 Å². The first-order valence-electron chi connectivity index (χ1n) is 20.5. The van der Waals surface area contributed by atoms with E-state index in [-0.39, 0.29) is 5.92 Å². The van der Waals surface area contributed by atoms with Crippen LogP contribution in [-0.4, -0.2) is 13.2 Å². The summed E-state index contributed by atoms with van der Waals surface area (Å²) in [5.41, 5.74) is 4.46. The highest BCUT2D eigenvalue weighted by Crippen LogP contribution is 2.38. The lowest BCUT2D eigenvalue weighted by Gasteiger charge is -2.34. The molecule has 2 atom stereocenters. The zero-order valence-corrected chi connectivity index (χ0v) is 32.1. The number of ether oxygens (including phenoxy) is 2. The first kappa shape index (κ1) is 39.7. The minimum absolute atomic E-state index is 0.229. The molecule has 3 aromatic rings. The van der Waals surface area contributed by atoms with Gasteiger partial charge in [0.1, 0.15) is 11.4 Å². The minimum atomic E-state index is -0.513. The first-order valence-corrected chi connectivity index (χ1v) is 20.5. The van der Waals surface area contributed by atoms with E-state index < -0.39 is 5.60 Å². The molecule has 0 spiro atoms. The van der Waals surface area contributed by atoms with Crippen molar-refractivity contribution in [2.75, 3.05) is 13.2 Å². The van der Waals surface area contributed by atoms with Gasteiger partial charge >= 0.3 is 0 Å². The monoisotopic (exact) mass is 677 g/mol. The zero-order chi connectivity index (χ0) is 35.3. The summed E-state index contributed by atoms with van der Waals surface area (Å²) in [7, 11) is 0. The van der Waals surface area contributed by atoms with Crippen LogP contribution in [0.5, 0.6) is 5.75 Å². The maximum absolute atomic E-state index is 6.93. The van der Waals surface area contributed by atoms with Gasteiger partial charge in [-0.1, -0.05) is 184 Å². The molecule has 0 heterocycles. The predicted octanol–water partition coefficient (Wildman–Crippen LogP) is 14.4. The summed E-state index contributed by atoms with van der Waals surface area (Å²) >= 11 is 0. The molecule has 0 bridgehead atoms. The van der Waals surface area contributed by atoms with Crippen molar-refractivity contribution < 1.29 is 9.47 Å². The Bertz CT molecular complexity index is 1340. The van der Waals surface area contributed by atoms with E-state index in [2.05, 4.69) is 131 Å². The summed E-state index contributed by atoms with van der Waals surface area (Å²) in [5.74, 6) is 2.49. The normalized spacial score (nSPS) is 18.3. The van der Waals surface area contributed by atoms with Gasteiger partial charge in [0.15, 0.2) is 0 Å². The minimum Gasteiger partial charge on any atom is -0.493 e. The maximum Gasteiger partial charge on any atom is 0.130 e. The molecule has 50 heavy (non-hydrogen) atoms. The van der Waals surface area contributed by atoms with Crippen molar-refractivity contribution in [3.8, 4) is 16.9 Å². The van der Waals surface area contributed by atoms with Crippen molar-refractivity contribution in [2.45, 2.75) is 142 Å². The summed E-state index contributed by atoms with van der Waals surface area (Å²) in [6, 6.07) is 28.6. The van der Waals surface area contributed by atoms with Gasteiger partial charge in [-0.15, -0.1) is 0 Å². The van der Waals surface area contributed by atoms with Crippen molar-refractivity contribution in [3.63, 3.8) is 0 Å². The van der Waals surface area contributed by atoms with Crippen LogP contribution in [0.2, 0.25) is 0 Å². The van der Waals surface area contributed by atoms with Crippen molar-refractivity contribution in [1.29, 1.82) is 0 Å². The van der Waals surface area contributed by atoms with Gasteiger partial charge in [0, 0.05) is 5.92 Å². The van der Waals surface area contributed by atoms with Gasteiger partial charge in [-0.3, -0.25) is 0 Å². The zero-order valence-electron chi connectivity index (χ0n) is 32.1. The molecule has 0 amide bonds. The Kier molecular flexibility index (Phi) is 18.0. The molecular weight excluding hydrogens is 609 g/mol. The molecule has 1 aliphatic carbocycles. The second kappa shape index (κ2) is 22.7. The molecule has 3 aromatic carbocycles. The van der Waals surface area contributed by atoms with Gasteiger partial charge in [-0.25, -0.2) is 0 Å². The van der Waals surface area contributed by atoms with E-state index in [0.717, 1.165) is 19.0 Å². The summed E-state index contributed by atoms with van der Waals surface area (Å²) in [5, 5.41) is 0. The molecule has 272 valence electrons. The van der Waals surface area contributed by atoms with Crippen molar-refractivity contribution in [2.24, 2.45) is 11.8 Å². The fourth-order valence-electron chi connectivity index (χ4n) is 7.34. The highest BCUT2D eigenvalue weighted by Gasteiger charge is 2.31. The lowest BCUT2D eigenvalue weighted by molar-refractivity contribution is -0.00289. The van der Waals surface area contributed by atoms with E-state index in [1.807, 2.05) is 0 Å². The molecule has 2 heteroatoms. The summed E-state index contributed by atoms with van der Waals surface area (Å²) in [6.07, 6.45) is 30.0. The fraction of sp³-hybridized carbons (Fsp3) is 0.542. The fourth-order valence-corrected chi connectivity index (χ4v) is 7.34. The van der Waals surface area contributed by atoms with Gasteiger partial charge in [0.25, 0.3) is 0 Å². The van der Waals surface area contributed by atoms with E-state index in [4.69, 9.17) is 9.47 Å². The van der Waals surface area contributed by atoms with Crippen LogP contribution in [0.1, 0.15) is 147 Å². The Morgan fingerprint density at radius 1 is 0.520 bits per heavy atom. The summed E-state index contributed by atoms with van der Waals surface area (Å²) < 4.78 is 13.2. The second-order valence-corrected chi connectivity index (χ2v) is 14.9. The maximum atomic E-state index is 6.93. The molecule has 0 saturated carbocycles. The molecule has 0 saturated heterocycles. The van der Waals surface area contributed by atoms with E-state index in [1.165, 1.54) is 125 Å². The van der Waals surface area contributed by atoms with E-state index in [9.17, 15) is 0 Å². The molecule has 4 rings (SSSR count). The molecule has 2 nitrogen and oxygen atoms in total. The average molecular weight is 677 g/mol. The molecule has 0 aromatic heterocycles. The van der Waals surface area contributed by atoms with Crippen molar-refractivity contribution in [3.05, 3.63) is 114 Å². The first-order chi connectivity index (χ1) is 24.6. The summed E-state index contributed by atoms with van der Waals surface area (Å²) in [4.78, 5) is 0. The Balaban J connectivity index is 1.37. The van der Waals surface area contributed by atoms with Crippen LogP contribution in [0.4, 0.5) is 0 Å². The Labute approximate surface area is 306 Å². The van der Waals surface area contributed by atoms with Crippen molar-refractivity contribution in [1.82, 2.24) is 0 Å². The van der Waals surface area contributed by atoms with Crippen LogP contribution in [0.15, 0.2) is 103 Å². The molecule has 0 aliphatic heterocycles. The number of hydrogen-bond acceptors (Lipinski definition) is 2. The second-order valence-electron chi connectivity index (χ2n) is 14.9. The van der Waals surface area contributed by atoms with E-state index in [0.29, 0.717) is 11.8 Å². The standard InChI is InChI=1S/C48H68O2/c1-5-9-13-16-22-40(20-11-7-3)38-49-47-32-30-44(31-33-47)42-26-28-43(29-27-42)45-34-36-48(37-35-45,46-24-18-15-19-25-46)50-39-41(21-12-8-4)23-17-14-10-6-2/h15,18-19,24-37,40-41,45H,5-14,16-17,20-23,38-39H2,1-4H3. The molecule has 0 radical (unpaired) electrons. The Morgan fingerprint density at radius 3 is 1.56 bits per heavy atom. The highest BCUT2D eigenvalue weighted by atomic mass is 16.5.